The van der Waals surface area contributed by atoms with Gasteiger partial charge in [-0.05, 0) is 37.0 Å². The van der Waals surface area contributed by atoms with Gasteiger partial charge >= 0.3 is 0 Å². The Labute approximate surface area is 145 Å². The molecule has 0 bridgehead atoms. The summed E-state index contributed by atoms with van der Waals surface area (Å²) in [6.45, 7) is 5.57. The van der Waals surface area contributed by atoms with E-state index in [2.05, 4.69) is 26.0 Å². The van der Waals surface area contributed by atoms with Gasteiger partial charge in [-0.25, -0.2) is 0 Å². The van der Waals surface area contributed by atoms with E-state index in [-0.39, 0.29) is 11.8 Å². The second-order valence-corrected chi connectivity index (χ2v) is 6.32. The van der Waals surface area contributed by atoms with Crippen molar-refractivity contribution in [1.29, 1.82) is 0 Å². The Morgan fingerprint density at radius 3 is 2.54 bits per heavy atom. The molecule has 0 spiro atoms. The largest absolute Gasteiger partial charge is 0.467 e. The third-order valence-corrected chi connectivity index (χ3v) is 4.50. The Morgan fingerprint density at radius 2 is 1.92 bits per heavy atom. The molecule has 0 unspecified atom stereocenters. The maximum Gasteiger partial charge on any atom is 0.226 e. The molecule has 0 aliphatic heterocycles. The molecule has 1 aromatic carbocycles. The highest BCUT2D eigenvalue weighted by Gasteiger charge is 2.23. The van der Waals surface area contributed by atoms with Crippen LogP contribution in [0.5, 0.6) is 0 Å². The van der Waals surface area contributed by atoms with E-state index in [1.165, 1.54) is 5.56 Å². The zero-order chi connectivity index (χ0) is 17.2. The molecule has 130 valence electrons. The van der Waals surface area contributed by atoms with Gasteiger partial charge in [0.05, 0.1) is 12.8 Å². The van der Waals surface area contributed by atoms with Crippen molar-refractivity contribution < 1.29 is 9.21 Å². The number of nitrogens with zero attached hydrogens (tertiary/aromatic N) is 1. The van der Waals surface area contributed by atoms with Crippen molar-refractivity contribution in [2.45, 2.75) is 52.5 Å². The summed E-state index contributed by atoms with van der Waals surface area (Å²) in [6, 6.07) is 14.2. The van der Waals surface area contributed by atoms with Crippen molar-refractivity contribution in [3.8, 4) is 0 Å². The van der Waals surface area contributed by atoms with Gasteiger partial charge in [0.1, 0.15) is 5.76 Å². The number of hydrogen-bond donors (Lipinski definition) is 0. The van der Waals surface area contributed by atoms with Crippen molar-refractivity contribution in [1.82, 2.24) is 4.90 Å². The van der Waals surface area contributed by atoms with Crippen LogP contribution in [0, 0.1) is 5.92 Å². The molecule has 2 rings (SSSR count). The number of furan rings is 1. The average molecular weight is 327 g/mol. The predicted octanol–water partition coefficient (Wildman–Crippen LogP) is 5.07. The second kappa shape index (κ2) is 9.96. The van der Waals surface area contributed by atoms with E-state index in [9.17, 15) is 4.79 Å². The van der Waals surface area contributed by atoms with Crippen LogP contribution >= 0.6 is 0 Å². The van der Waals surface area contributed by atoms with Crippen LogP contribution < -0.4 is 0 Å². The molecule has 1 atom stereocenters. The smallest absolute Gasteiger partial charge is 0.226 e. The van der Waals surface area contributed by atoms with Gasteiger partial charge in [-0.1, -0.05) is 57.0 Å². The van der Waals surface area contributed by atoms with Gasteiger partial charge in [-0.15, -0.1) is 0 Å². The average Bonchev–Trinajstić information content (AvgIpc) is 3.13. The van der Waals surface area contributed by atoms with Crippen LogP contribution in [-0.2, 0) is 17.8 Å². The van der Waals surface area contributed by atoms with Crippen molar-refractivity contribution in [3.63, 3.8) is 0 Å². The molecule has 0 N–H and O–H groups in total. The fourth-order valence-corrected chi connectivity index (χ4v) is 2.98. The summed E-state index contributed by atoms with van der Waals surface area (Å²) in [5.74, 6) is 1.23. The van der Waals surface area contributed by atoms with E-state index in [0.29, 0.717) is 6.54 Å². The highest BCUT2D eigenvalue weighted by atomic mass is 16.3. The first-order valence-corrected chi connectivity index (χ1v) is 9.09. The molecular formula is C21H29NO2. The van der Waals surface area contributed by atoms with Crippen LogP contribution in [0.4, 0.5) is 0 Å². The van der Waals surface area contributed by atoms with Gasteiger partial charge in [0, 0.05) is 12.5 Å². The summed E-state index contributed by atoms with van der Waals surface area (Å²) in [7, 11) is 0. The van der Waals surface area contributed by atoms with E-state index >= 15 is 0 Å². The van der Waals surface area contributed by atoms with Crippen molar-refractivity contribution in [2.75, 3.05) is 6.54 Å². The molecule has 0 aliphatic carbocycles. The van der Waals surface area contributed by atoms with Crippen molar-refractivity contribution in [3.05, 3.63) is 60.1 Å². The molecule has 0 saturated carbocycles. The molecule has 1 heterocycles. The number of benzene rings is 1. The van der Waals surface area contributed by atoms with Gasteiger partial charge in [-0.3, -0.25) is 4.79 Å². The number of rotatable bonds is 10. The van der Waals surface area contributed by atoms with E-state index in [4.69, 9.17) is 4.42 Å². The predicted molar refractivity (Wildman–Crippen MR) is 97.6 cm³/mol. The highest BCUT2D eigenvalue weighted by Crippen LogP contribution is 2.18. The topological polar surface area (TPSA) is 33.5 Å². The second-order valence-electron chi connectivity index (χ2n) is 6.32. The molecule has 0 saturated heterocycles. The van der Waals surface area contributed by atoms with Crippen molar-refractivity contribution >= 4 is 5.91 Å². The summed E-state index contributed by atoms with van der Waals surface area (Å²) in [5.41, 5.74) is 1.26. The number of carbonyl (C=O) groups excluding carboxylic acids is 1. The fourth-order valence-electron chi connectivity index (χ4n) is 2.98. The van der Waals surface area contributed by atoms with Crippen LogP contribution in [0.1, 0.15) is 50.9 Å². The third-order valence-electron chi connectivity index (χ3n) is 4.50. The molecule has 3 heteroatoms. The quantitative estimate of drug-likeness (QED) is 0.610. The lowest BCUT2D eigenvalue weighted by Crippen LogP contribution is -2.37. The van der Waals surface area contributed by atoms with E-state index in [1.54, 1.807) is 6.26 Å². The number of carbonyl (C=O) groups is 1. The number of hydrogen-bond acceptors (Lipinski definition) is 2. The van der Waals surface area contributed by atoms with E-state index in [1.807, 2.05) is 35.2 Å². The summed E-state index contributed by atoms with van der Waals surface area (Å²) in [4.78, 5) is 15.0. The number of unbranched alkanes of at least 4 members (excludes halogenated alkanes) is 1. The molecule has 2 aromatic rings. The Bertz CT molecular complexity index is 577. The molecule has 24 heavy (non-hydrogen) atoms. The van der Waals surface area contributed by atoms with Gasteiger partial charge < -0.3 is 9.32 Å². The van der Waals surface area contributed by atoms with E-state index in [0.717, 1.165) is 44.4 Å². The SMILES string of the molecule is CCCC[C@H](CC)C(=O)N(CCc1ccccc1)Cc1ccco1. The third kappa shape index (κ3) is 5.55. The molecule has 0 aliphatic rings. The summed E-state index contributed by atoms with van der Waals surface area (Å²) < 4.78 is 5.47. The highest BCUT2D eigenvalue weighted by molar-refractivity contribution is 5.78. The van der Waals surface area contributed by atoms with Gasteiger partial charge in [0.25, 0.3) is 0 Å². The monoisotopic (exact) mass is 327 g/mol. The van der Waals surface area contributed by atoms with E-state index < -0.39 is 0 Å². The summed E-state index contributed by atoms with van der Waals surface area (Å²) in [6.07, 6.45) is 6.66. The first-order chi connectivity index (χ1) is 11.7. The Balaban J connectivity index is 2.04. The fraction of sp³-hybridized carbons (Fsp3) is 0.476. The lowest BCUT2D eigenvalue weighted by molar-refractivity contribution is -0.136. The molecule has 0 fully saturated rings. The molecule has 1 amide bonds. The Kier molecular flexibility index (Phi) is 7.60. The van der Waals surface area contributed by atoms with Crippen LogP contribution in [-0.4, -0.2) is 17.4 Å². The minimum atomic E-state index is 0.121. The maximum atomic E-state index is 13.0. The van der Waals surface area contributed by atoms with Gasteiger partial charge in [0.15, 0.2) is 0 Å². The Morgan fingerprint density at radius 1 is 1.12 bits per heavy atom. The minimum Gasteiger partial charge on any atom is -0.467 e. The molecule has 1 aromatic heterocycles. The van der Waals surface area contributed by atoms with Crippen LogP contribution in [0.15, 0.2) is 53.1 Å². The van der Waals surface area contributed by atoms with Crippen LogP contribution in [0.2, 0.25) is 0 Å². The minimum absolute atomic E-state index is 0.121. The number of amides is 1. The zero-order valence-electron chi connectivity index (χ0n) is 14.9. The standard InChI is InChI=1S/C21H29NO2/c1-3-5-12-19(4-2)21(23)22(17-20-13-9-16-24-20)15-14-18-10-7-6-8-11-18/h6-11,13,16,19H,3-5,12,14-15,17H2,1-2H3/t19-/m0/s1. The normalized spacial score (nSPS) is 12.1. The van der Waals surface area contributed by atoms with Crippen LogP contribution in [0.25, 0.3) is 0 Å². The lowest BCUT2D eigenvalue weighted by atomic mass is 9.97. The maximum absolute atomic E-state index is 13.0. The Hall–Kier alpha value is -2.03. The first-order valence-electron chi connectivity index (χ1n) is 9.09. The van der Waals surface area contributed by atoms with Gasteiger partial charge in [-0.2, -0.15) is 0 Å². The first kappa shape index (κ1) is 18.3. The molecule has 0 radical (unpaired) electrons. The molecule has 3 nitrogen and oxygen atoms in total. The summed E-state index contributed by atoms with van der Waals surface area (Å²) >= 11 is 0. The lowest BCUT2D eigenvalue weighted by Gasteiger charge is -2.26. The molecular weight excluding hydrogens is 298 g/mol. The van der Waals surface area contributed by atoms with Crippen LogP contribution in [0.3, 0.4) is 0 Å². The zero-order valence-corrected chi connectivity index (χ0v) is 14.9. The van der Waals surface area contributed by atoms with Crippen molar-refractivity contribution in [2.24, 2.45) is 5.92 Å². The summed E-state index contributed by atoms with van der Waals surface area (Å²) in [5, 5.41) is 0. The van der Waals surface area contributed by atoms with Gasteiger partial charge in [0.2, 0.25) is 5.91 Å².